The van der Waals surface area contributed by atoms with Gasteiger partial charge in [-0.05, 0) is 6.42 Å². The molecule has 5 nitrogen and oxygen atoms in total. The van der Waals surface area contributed by atoms with Gasteiger partial charge in [0.25, 0.3) is 0 Å². The lowest BCUT2D eigenvalue weighted by Gasteiger charge is -2.24. The summed E-state index contributed by atoms with van der Waals surface area (Å²) in [7, 11) is 1.37. The third-order valence-corrected chi connectivity index (χ3v) is 1.94. The predicted molar refractivity (Wildman–Crippen MR) is 62.1 cm³/mol. The summed E-state index contributed by atoms with van der Waals surface area (Å²) in [6, 6.07) is 0. The normalized spacial score (nSPS) is 13.3. The Balaban J connectivity index is 4.60. The SMILES string of the molecule is C=CC(=O)OC(CCC)C(OC)OC(=O)C=C. The third-order valence-electron chi connectivity index (χ3n) is 1.94. The molecule has 0 fully saturated rings. The summed E-state index contributed by atoms with van der Waals surface area (Å²) < 4.78 is 14.9. The second-order valence-corrected chi connectivity index (χ2v) is 3.21. The van der Waals surface area contributed by atoms with Crippen LogP contribution in [0.4, 0.5) is 0 Å². The molecule has 0 bridgehead atoms. The number of hydrogen-bond donors (Lipinski definition) is 0. The van der Waals surface area contributed by atoms with Crippen LogP contribution >= 0.6 is 0 Å². The average molecular weight is 242 g/mol. The van der Waals surface area contributed by atoms with E-state index in [1.165, 1.54) is 7.11 Å². The van der Waals surface area contributed by atoms with Gasteiger partial charge < -0.3 is 14.2 Å². The van der Waals surface area contributed by atoms with E-state index in [1.807, 2.05) is 6.92 Å². The zero-order valence-corrected chi connectivity index (χ0v) is 10.2. The Kier molecular flexibility index (Phi) is 7.71. The number of methoxy groups -OCH3 is 1. The molecule has 0 spiro atoms. The number of rotatable bonds is 8. The van der Waals surface area contributed by atoms with Crippen LogP contribution in [0.25, 0.3) is 0 Å². The zero-order valence-electron chi connectivity index (χ0n) is 10.2. The third kappa shape index (κ3) is 5.87. The van der Waals surface area contributed by atoms with Gasteiger partial charge in [0.1, 0.15) is 0 Å². The molecular formula is C12H18O5. The first kappa shape index (κ1) is 15.4. The lowest BCUT2D eigenvalue weighted by molar-refractivity contribution is -0.201. The quantitative estimate of drug-likeness (QED) is 0.367. The Morgan fingerprint density at radius 1 is 1.18 bits per heavy atom. The highest BCUT2D eigenvalue weighted by atomic mass is 16.7. The molecule has 96 valence electrons. The van der Waals surface area contributed by atoms with Crippen molar-refractivity contribution in [3.63, 3.8) is 0 Å². The number of carbonyl (C=O) groups is 2. The fraction of sp³-hybridized carbons (Fsp3) is 0.500. The lowest BCUT2D eigenvalue weighted by Crippen LogP contribution is -2.36. The Hall–Kier alpha value is -1.62. The van der Waals surface area contributed by atoms with Crippen LogP contribution in [0.3, 0.4) is 0 Å². The molecule has 5 heteroatoms. The molecule has 0 amide bonds. The van der Waals surface area contributed by atoms with Crippen LogP contribution in [-0.2, 0) is 23.8 Å². The van der Waals surface area contributed by atoms with Gasteiger partial charge in [-0.3, -0.25) is 0 Å². The van der Waals surface area contributed by atoms with Crippen molar-refractivity contribution in [2.45, 2.75) is 32.2 Å². The molecule has 17 heavy (non-hydrogen) atoms. The van der Waals surface area contributed by atoms with Gasteiger partial charge in [0.2, 0.25) is 6.29 Å². The molecule has 0 aromatic rings. The smallest absolute Gasteiger partial charge is 0.332 e. The topological polar surface area (TPSA) is 61.8 Å². The number of hydrogen-bond acceptors (Lipinski definition) is 5. The van der Waals surface area contributed by atoms with Crippen LogP contribution in [0.2, 0.25) is 0 Å². The molecule has 2 unspecified atom stereocenters. The Morgan fingerprint density at radius 2 is 1.71 bits per heavy atom. The molecule has 0 heterocycles. The van der Waals surface area contributed by atoms with E-state index < -0.39 is 24.3 Å². The van der Waals surface area contributed by atoms with E-state index in [4.69, 9.17) is 14.2 Å². The first-order valence-corrected chi connectivity index (χ1v) is 5.27. The zero-order chi connectivity index (χ0) is 13.3. The van der Waals surface area contributed by atoms with Crippen LogP contribution in [0.5, 0.6) is 0 Å². The van der Waals surface area contributed by atoms with Gasteiger partial charge in [0.05, 0.1) is 0 Å². The summed E-state index contributed by atoms with van der Waals surface area (Å²) in [5.74, 6) is -1.22. The molecule has 0 aliphatic rings. The molecule has 0 radical (unpaired) electrons. The number of ether oxygens (including phenoxy) is 3. The molecular weight excluding hydrogens is 224 g/mol. The Labute approximate surface area is 101 Å². The molecule has 0 N–H and O–H groups in total. The van der Waals surface area contributed by atoms with Gasteiger partial charge in [0, 0.05) is 19.3 Å². The average Bonchev–Trinajstić information content (AvgIpc) is 2.34. The first-order valence-electron chi connectivity index (χ1n) is 5.27. The molecule has 0 aliphatic heterocycles. The van der Waals surface area contributed by atoms with Crippen molar-refractivity contribution in [1.82, 2.24) is 0 Å². The summed E-state index contributed by atoms with van der Waals surface area (Å²) in [6.45, 7) is 8.49. The maximum atomic E-state index is 11.1. The Morgan fingerprint density at radius 3 is 2.12 bits per heavy atom. The van der Waals surface area contributed by atoms with Gasteiger partial charge >= 0.3 is 11.9 Å². The van der Waals surface area contributed by atoms with Crippen LogP contribution < -0.4 is 0 Å². The van der Waals surface area contributed by atoms with Crippen molar-refractivity contribution >= 4 is 11.9 Å². The van der Waals surface area contributed by atoms with Crippen molar-refractivity contribution in [3.8, 4) is 0 Å². The molecule has 0 rings (SSSR count). The first-order chi connectivity index (χ1) is 8.08. The summed E-state index contributed by atoms with van der Waals surface area (Å²) in [5, 5.41) is 0. The van der Waals surface area contributed by atoms with E-state index in [2.05, 4.69) is 13.2 Å². The van der Waals surface area contributed by atoms with Crippen molar-refractivity contribution < 1.29 is 23.8 Å². The molecule has 0 saturated carbocycles. The van der Waals surface area contributed by atoms with E-state index in [0.29, 0.717) is 6.42 Å². The summed E-state index contributed by atoms with van der Waals surface area (Å²) in [6.07, 6.45) is 1.74. The van der Waals surface area contributed by atoms with Gasteiger partial charge in [-0.2, -0.15) is 0 Å². The van der Waals surface area contributed by atoms with Crippen LogP contribution in [0.15, 0.2) is 25.3 Å². The van der Waals surface area contributed by atoms with Crippen LogP contribution in [0.1, 0.15) is 19.8 Å². The van der Waals surface area contributed by atoms with E-state index >= 15 is 0 Å². The number of esters is 2. The Bertz CT molecular complexity index is 285. The van der Waals surface area contributed by atoms with E-state index in [-0.39, 0.29) is 0 Å². The van der Waals surface area contributed by atoms with E-state index in [1.54, 1.807) is 0 Å². The van der Waals surface area contributed by atoms with E-state index in [0.717, 1.165) is 18.6 Å². The lowest BCUT2D eigenvalue weighted by atomic mass is 10.2. The van der Waals surface area contributed by atoms with Crippen molar-refractivity contribution in [1.29, 1.82) is 0 Å². The van der Waals surface area contributed by atoms with Crippen LogP contribution in [-0.4, -0.2) is 31.4 Å². The van der Waals surface area contributed by atoms with Gasteiger partial charge in [0.15, 0.2) is 6.10 Å². The highest BCUT2D eigenvalue weighted by Crippen LogP contribution is 2.12. The fourth-order valence-electron chi connectivity index (χ4n) is 1.17. The van der Waals surface area contributed by atoms with Gasteiger partial charge in [-0.1, -0.05) is 26.5 Å². The summed E-state index contributed by atoms with van der Waals surface area (Å²) in [5.41, 5.74) is 0. The molecule has 0 saturated heterocycles. The molecule has 2 atom stereocenters. The predicted octanol–water partition coefficient (Wildman–Crippen LogP) is 1.59. The molecule has 0 aromatic heterocycles. The van der Waals surface area contributed by atoms with Crippen molar-refractivity contribution in [2.75, 3.05) is 7.11 Å². The van der Waals surface area contributed by atoms with E-state index in [9.17, 15) is 9.59 Å². The largest absolute Gasteiger partial charge is 0.453 e. The van der Waals surface area contributed by atoms with Gasteiger partial charge in [-0.15, -0.1) is 0 Å². The highest BCUT2D eigenvalue weighted by molar-refractivity contribution is 5.82. The number of carbonyl (C=O) groups excluding carboxylic acids is 2. The maximum Gasteiger partial charge on any atom is 0.332 e. The minimum atomic E-state index is -0.940. The highest BCUT2D eigenvalue weighted by Gasteiger charge is 2.26. The standard InChI is InChI=1S/C12H18O5/c1-5-8-9(16-10(13)6-2)12(15-4)17-11(14)7-3/h6-7,9,12H,2-3,5,8H2,1,4H3. The van der Waals surface area contributed by atoms with Gasteiger partial charge in [-0.25, -0.2) is 9.59 Å². The summed E-state index contributed by atoms with van der Waals surface area (Å²) in [4.78, 5) is 22.2. The van der Waals surface area contributed by atoms with Crippen molar-refractivity contribution in [3.05, 3.63) is 25.3 Å². The van der Waals surface area contributed by atoms with Crippen LogP contribution in [0, 0.1) is 0 Å². The minimum absolute atomic E-state index is 0.516. The minimum Gasteiger partial charge on any atom is -0.453 e. The second-order valence-electron chi connectivity index (χ2n) is 3.21. The molecule has 0 aliphatic carbocycles. The van der Waals surface area contributed by atoms with Crippen molar-refractivity contribution in [2.24, 2.45) is 0 Å². The molecule has 0 aromatic carbocycles. The monoisotopic (exact) mass is 242 g/mol. The maximum absolute atomic E-state index is 11.1. The second kappa shape index (κ2) is 8.52. The summed E-state index contributed by atoms with van der Waals surface area (Å²) >= 11 is 0. The fourth-order valence-corrected chi connectivity index (χ4v) is 1.17.